The molecule has 22 heavy (non-hydrogen) atoms. The van der Waals surface area contributed by atoms with Crippen LogP contribution in [0.4, 0.5) is 0 Å². The topological polar surface area (TPSA) is 34.1 Å². The Bertz CT molecular complexity index is 547. The highest BCUT2D eigenvalue weighted by Crippen LogP contribution is 2.31. The molecule has 0 aliphatic carbocycles. The highest BCUT2D eigenvalue weighted by Gasteiger charge is 2.21. The molecule has 2 aromatic rings. The monoisotopic (exact) mass is 298 g/mol. The second-order valence-electron chi connectivity index (χ2n) is 5.31. The summed E-state index contributed by atoms with van der Waals surface area (Å²) in [6.45, 7) is 5.89. The molecule has 0 fully saturated rings. The fraction of sp³-hybridized carbons (Fsp3) is 0.421. The van der Waals surface area contributed by atoms with Gasteiger partial charge in [0.15, 0.2) is 0 Å². The zero-order chi connectivity index (χ0) is 15.8. The van der Waals surface area contributed by atoms with Crippen molar-refractivity contribution in [3.8, 4) is 0 Å². The van der Waals surface area contributed by atoms with E-state index in [-0.39, 0.29) is 6.10 Å². The summed E-state index contributed by atoms with van der Waals surface area (Å²) in [5.74, 6) is 0. The Balaban J connectivity index is 2.44. The molecule has 0 aliphatic heterocycles. The van der Waals surface area contributed by atoms with Gasteiger partial charge in [-0.05, 0) is 48.7 Å². The van der Waals surface area contributed by atoms with Crippen LogP contribution in [0.3, 0.4) is 0 Å². The van der Waals surface area contributed by atoms with E-state index < -0.39 is 0 Å². The lowest BCUT2D eigenvalue weighted by Gasteiger charge is -2.23. The van der Waals surface area contributed by atoms with Gasteiger partial charge in [-0.3, -0.25) is 4.98 Å². The number of hydrogen-bond donors (Lipinski definition) is 1. The minimum absolute atomic E-state index is 0.0966. The average molecular weight is 298 g/mol. The highest BCUT2D eigenvalue weighted by atomic mass is 16.5. The number of rotatable bonds is 8. The third kappa shape index (κ3) is 3.93. The second kappa shape index (κ2) is 8.66. The van der Waals surface area contributed by atoms with Crippen molar-refractivity contribution in [2.75, 3.05) is 20.2 Å². The minimum Gasteiger partial charge on any atom is -0.366 e. The SMILES string of the molecule is CCc1cccc(CC)c1[C@@H](OCCNC)c1ccccn1. The first-order valence-corrected chi connectivity index (χ1v) is 8.09. The van der Waals surface area contributed by atoms with Crippen LogP contribution in [0.1, 0.15) is 42.3 Å². The Labute approximate surface area is 133 Å². The molecule has 0 bridgehead atoms. The summed E-state index contributed by atoms with van der Waals surface area (Å²) in [5, 5.41) is 3.14. The number of pyridine rings is 1. The molecule has 1 N–H and O–H groups in total. The predicted octanol–water partition coefficient (Wildman–Crippen LogP) is 3.53. The number of hydrogen-bond acceptors (Lipinski definition) is 3. The number of benzene rings is 1. The van der Waals surface area contributed by atoms with E-state index in [1.165, 1.54) is 16.7 Å². The summed E-state index contributed by atoms with van der Waals surface area (Å²) in [5.41, 5.74) is 4.97. The summed E-state index contributed by atoms with van der Waals surface area (Å²) in [6.07, 6.45) is 3.74. The molecule has 2 rings (SSSR count). The molecule has 0 aliphatic rings. The zero-order valence-electron chi connectivity index (χ0n) is 13.8. The number of aromatic nitrogens is 1. The highest BCUT2D eigenvalue weighted by molar-refractivity contribution is 5.40. The first-order valence-electron chi connectivity index (χ1n) is 8.09. The van der Waals surface area contributed by atoms with Crippen molar-refractivity contribution in [1.29, 1.82) is 0 Å². The van der Waals surface area contributed by atoms with Gasteiger partial charge >= 0.3 is 0 Å². The third-order valence-electron chi connectivity index (χ3n) is 3.90. The van der Waals surface area contributed by atoms with Gasteiger partial charge in [0.2, 0.25) is 0 Å². The van der Waals surface area contributed by atoms with E-state index >= 15 is 0 Å². The van der Waals surface area contributed by atoms with Crippen molar-refractivity contribution in [3.05, 3.63) is 65.0 Å². The standard InChI is InChI=1S/C19H26N2O/c1-4-15-9-8-10-16(5-2)18(15)19(22-14-13-20-3)17-11-6-7-12-21-17/h6-12,19-20H,4-5,13-14H2,1-3H3/t19-/m0/s1. The largest absolute Gasteiger partial charge is 0.366 e. The van der Waals surface area contributed by atoms with Crippen molar-refractivity contribution in [2.45, 2.75) is 32.8 Å². The molecule has 1 heterocycles. The van der Waals surface area contributed by atoms with Gasteiger partial charge in [0.1, 0.15) is 6.10 Å². The summed E-state index contributed by atoms with van der Waals surface area (Å²) in [4.78, 5) is 4.54. The normalized spacial score (nSPS) is 12.3. The van der Waals surface area contributed by atoms with Crippen molar-refractivity contribution >= 4 is 0 Å². The minimum atomic E-state index is -0.0966. The quantitative estimate of drug-likeness (QED) is 0.757. The first-order chi connectivity index (χ1) is 10.8. The Morgan fingerprint density at radius 1 is 1.05 bits per heavy atom. The predicted molar refractivity (Wildman–Crippen MR) is 91.2 cm³/mol. The van der Waals surface area contributed by atoms with E-state index in [2.05, 4.69) is 48.4 Å². The third-order valence-corrected chi connectivity index (χ3v) is 3.90. The van der Waals surface area contributed by atoms with Crippen molar-refractivity contribution in [2.24, 2.45) is 0 Å². The van der Waals surface area contributed by atoms with Gasteiger partial charge in [0.05, 0.1) is 12.3 Å². The molecule has 0 saturated heterocycles. The molecular weight excluding hydrogens is 272 g/mol. The maximum absolute atomic E-state index is 6.21. The first kappa shape index (κ1) is 16.7. The second-order valence-corrected chi connectivity index (χ2v) is 5.31. The van der Waals surface area contributed by atoms with Crippen LogP contribution >= 0.6 is 0 Å². The van der Waals surface area contributed by atoms with Gasteiger partial charge in [0, 0.05) is 12.7 Å². The molecule has 0 amide bonds. The lowest BCUT2D eigenvalue weighted by Crippen LogP contribution is -2.19. The zero-order valence-corrected chi connectivity index (χ0v) is 13.8. The molecule has 0 saturated carbocycles. The van der Waals surface area contributed by atoms with Gasteiger partial charge in [-0.1, -0.05) is 38.1 Å². The Hall–Kier alpha value is -1.71. The average Bonchev–Trinajstić information content (AvgIpc) is 2.59. The summed E-state index contributed by atoms with van der Waals surface area (Å²) in [6, 6.07) is 12.6. The van der Waals surface area contributed by atoms with Gasteiger partial charge in [-0.2, -0.15) is 0 Å². The van der Waals surface area contributed by atoms with Gasteiger partial charge in [0.25, 0.3) is 0 Å². The van der Waals surface area contributed by atoms with E-state index in [0.29, 0.717) is 6.61 Å². The lowest BCUT2D eigenvalue weighted by molar-refractivity contribution is 0.0791. The van der Waals surface area contributed by atoms with Crippen molar-refractivity contribution in [1.82, 2.24) is 10.3 Å². The van der Waals surface area contributed by atoms with Crippen LogP contribution in [0.25, 0.3) is 0 Å². The van der Waals surface area contributed by atoms with E-state index in [0.717, 1.165) is 25.1 Å². The molecule has 1 atom stereocenters. The van der Waals surface area contributed by atoms with Crippen LogP contribution < -0.4 is 5.32 Å². The van der Waals surface area contributed by atoms with E-state index in [1.54, 1.807) is 0 Å². The van der Waals surface area contributed by atoms with E-state index in [1.807, 2.05) is 25.4 Å². The van der Waals surface area contributed by atoms with Gasteiger partial charge in [-0.15, -0.1) is 0 Å². The van der Waals surface area contributed by atoms with Crippen molar-refractivity contribution < 1.29 is 4.74 Å². The van der Waals surface area contributed by atoms with Crippen LogP contribution in [0.5, 0.6) is 0 Å². The van der Waals surface area contributed by atoms with Crippen LogP contribution in [-0.2, 0) is 17.6 Å². The fourth-order valence-corrected chi connectivity index (χ4v) is 2.75. The summed E-state index contributed by atoms with van der Waals surface area (Å²) >= 11 is 0. The van der Waals surface area contributed by atoms with Crippen LogP contribution in [0.2, 0.25) is 0 Å². The molecule has 3 nitrogen and oxygen atoms in total. The molecule has 0 spiro atoms. The van der Waals surface area contributed by atoms with Gasteiger partial charge < -0.3 is 10.1 Å². The summed E-state index contributed by atoms with van der Waals surface area (Å²) < 4.78 is 6.21. The molecule has 118 valence electrons. The number of likely N-dealkylation sites (N-methyl/N-ethyl adjacent to an activating group) is 1. The molecule has 1 aromatic carbocycles. The Kier molecular flexibility index (Phi) is 6.56. The van der Waals surface area contributed by atoms with E-state index in [4.69, 9.17) is 4.74 Å². The molecular formula is C19H26N2O. The maximum atomic E-state index is 6.21. The lowest BCUT2D eigenvalue weighted by atomic mass is 9.91. The van der Waals surface area contributed by atoms with Crippen LogP contribution in [-0.4, -0.2) is 25.2 Å². The Morgan fingerprint density at radius 3 is 2.32 bits per heavy atom. The van der Waals surface area contributed by atoms with Crippen LogP contribution in [0, 0.1) is 0 Å². The van der Waals surface area contributed by atoms with Crippen molar-refractivity contribution in [3.63, 3.8) is 0 Å². The fourth-order valence-electron chi connectivity index (χ4n) is 2.75. The Morgan fingerprint density at radius 2 is 1.77 bits per heavy atom. The maximum Gasteiger partial charge on any atom is 0.125 e. The summed E-state index contributed by atoms with van der Waals surface area (Å²) in [7, 11) is 1.94. The number of nitrogens with one attached hydrogen (secondary N) is 1. The smallest absolute Gasteiger partial charge is 0.125 e. The van der Waals surface area contributed by atoms with E-state index in [9.17, 15) is 0 Å². The molecule has 0 unspecified atom stereocenters. The molecule has 3 heteroatoms. The van der Waals surface area contributed by atoms with Crippen LogP contribution in [0.15, 0.2) is 42.6 Å². The molecule has 1 aromatic heterocycles. The molecule has 0 radical (unpaired) electrons. The number of nitrogens with zero attached hydrogens (tertiary/aromatic N) is 1. The van der Waals surface area contributed by atoms with Gasteiger partial charge in [-0.25, -0.2) is 0 Å². The number of aryl methyl sites for hydroxylation is 2. The number of ether oxygens (including phenoxy) is 1.